The Labute approximate surface area is 123 Å². The quantitative estimate of drug-likeness (QED) is 0.845. The molecule has 1 spiro atoms. The molecule has 2 saturated heterocycles. The van der Waals surface area contributed by atoms with E-state index in [0.717, 1.165) is 45.0 Å². The molecule has 1 saturated carbocycles. The van der Waals surface area contributed by atoms with Gasteiger partial charge < -0.3 is 15.2 Å². The largest absolute Gasteiger partial charge is 0.381 e. The van der Waals surface area contributed by atoms with E-state index >= 15 is 0 Å². The molecule has 3 fully saturated rings. The summed E-state index contributed by atoms with van der Waals surface area (Å²) in [6, 6.07) is 0. The van der Waals surface area contributed by atoms with Crippen molar-refractivity contribution in [1.82, 2.24) is 0 Å². The molecule has 0 bridgehead atoms. The lowest BCUT2D eigenvalue weighted by Gasteiger charge is -2.51. The van der Waals surface area contributed by atoms with Crippen LogP contribution in [-0.2, 0) is 9.47 Å². The molecule has 2 N–H and O–H groups in total. The summed E-state index contributed by atoms with van der Waals surface area (Å²) >= 11 is 0. The van der Waals surface area contributed by atoms with Gasteiger partial charge in [0.25, 0.3) is 0 Å². The van der Waals surface area contributed by atoms with Crippen molar-refractivity contribution in [1.29, 1.82) is 0 Å². The topological polar surface area (TPSA) is 44.5 Å². The Hall–Kier alpha value is -0.120. The maximum absolute atomic E-state index is 6.90. The van der Waals surface area contributed by atoms with Gasteiger partial charge in [0, 0.05) is 25.4 Å². The molecule has 3 atom stereocenters. The van der Waals surface area contributed by atoms with Gasteiger partial charge in [0.1, 0.15) is 0 Å². The molecule has 1 aliphatic carbocycles. The summed E-state index contributed by atoms with van der Waals surface area (Å²) in [5.41, 5.74) is 7.07. The van der Waals surface area contributed by atoms with Gasteiger partial charge in [-0.05, 0) is 50.4 Å². The Balaban J connectivity index is 1.69. The van der Waals surface area contributed by atoms with E-state index in [2.05, 4.69) is 6.92 Å². The van der Waals surface area contributed by atoms with Crippen molar-refractivity contribution < 1.29 is 9.47 Å². The van der Waals surface area contributed by atoms with Crippen LogP contribution in [0.1, 0.15) is 64.7 Å². The molecule has 0 aromatic rings. The standard InChI is InChI=1S/C17H31NO2/c1-2-14-4-3-6-17(18,12-14)15-5-9-20-16(13-15)7-10-19-11-8-16/h14-15H,2-13,18H2,1H3. The van der Waals surface area contributed by atoms with Crippen LogP contribution in [0.25, 0.3) is 0 Å². The summed E-state index contributed by atoms with van der Waals surface area (Å²) in [4.78, 5) is 0. The molecular weight excluding hydrogens is 250 g/mol. The van der Waals surface area contributed by atoms with Crippen molar-refractivity contribution in [2.75, 3.05) is 19.8 Å². The average Bonchev–Trinajstić information content (AvgIpc) is 2.48. The van der Waals surface area contributed by atoms with Crippen LogP contribution in [-0.4, -0.2) is 31.0 Å². The molecule has 2 heterocycles. The molecule has 116 valence electrons. The van der Waals surface area contributed by atoms with E-state index in [1.54, 1.807) is 0 Å². The summed E-state index contributed by atoms with van der Waals surface area (Å²) in [6.45, 7) is 4.95. The SMILES string of the molecule is CCC1CCCC(N)(C2CCOC3(CCOCC3)C2)C1. The van der Waals surface area contributed by atoms with Crippen molar-refractivity contribution in [2.45, 2.75) is 75.9 Å². The highest BCUT2D eigenvalue weighted by Gasteiger charge is 2.46. The normalized spacial score (nSPS) is 41.7. The second-order valence-corrected chi connectivity index (χ2v) is 7.44. The second kappa shape index (κ2) is 5.94. The van der Waals surface area contributed by atoms with E-state index in [1.165, 1.54) is 38.5 Å². The lowest BCUT2D eigenvalue weighted by Crippen LogP contribution is -2.56. The van der Waals surface area contributed by atoms with Crippen LogP contribution in [0.4, 0.5) is 0 Å². The number of nitrogens with two attached hydrogens (primary N) is 1. The predicted molar refractivity (Wildman–Crippen MR) is 80.6 cm³/mol. The molecule has 3 heteroatoms. The first-order valence-corrected chi connectivity index (χ1v) is 8.66. The van der Waals surface area contributed by atoms with E-state index < -0.39 is 0 Å². The Bertz CT molecular complexity index is 321. The molecule has 0 aromatic carbocycles. The molecule has 3 nitrogen and oxygen atoms in total. The Kier molecular flexibility index (Phi) is 4.40. The molecule has 20 heavy (non-hydrogen) atoms. The Morgan fingerprint density at radius 1 is 1.05 bits per heavy atom. The van der Waals surface area contributed by atoms with E-state index in [-0.39, 0.29) is 11.1 Å². The summed E-state index contributed by atoms with van der Waals surface area (Å²) in [5, 5.41) is 0. The minimum absolute atomic E-state index is 0.0774. The maximum atomic E-state index is 6.90. The van der Waals surface area contributed by atoms with E-state index in [1.807, 2.05) is 0 Å². The zero-order valence-corrected chi connectivity index (χ0v) is 13.0. The monoisotopic (exact) mass is 281 g/mol. The lowest BCUT2D eigenvalue weighted by atomic mass is 9.64. The van der Waals surface area contributed by atoms with E-state index in [0.29, 0.717) is 5.92 Å². The van der Waals surface area contributed by atoms with Gasteiger partial charge >= 0.3 is 0 Å². The van der Waals surface area contributed by atoms with Crippen molar-refractivity contribution in [3.63, 3.8) is 0 Å². The van der Waals surface area contributed by atoms with Crippen LogP contribution < -0.4 is 5.73 Å². The number of hydrogen-bond donors (Lipinski definition) is 1. The van der Waals surface area contributed by atoms with Crippen molar-refractivity contribution in [2.24, 2.45) is 17.6 Å². The molecule has 3 aliphatic rings. The highest BCUT2D eigenvalue weighted by atomic mass is 16.5. The molecule has 0 radical (unpaired) electrons. The molecular formula is C17H31NO2. The lowest BCUT2D eigenvalue weighted by molar-refractivity contribution is -0.157. The van der Waals surface area contributed by atoms with Gasteiger partial charge in [0.05, 0.1) is 5.60 Å². The Morgan fingerprint density at radius 2 is 1.85 bits per heavy atom. The first-order chi connectivity index (χ1) is 9.66. The van der Waals surface area contributed by atoms with Gasteiger partial charge in [-0.2, -0.15) is 0 Å². The first-order valence-electron chi connectivity index (χ1n) is 8.66. The molecule has 2 aliphatic heterocycles. The van der Waals surface area contributed by atoms with Gasteiger partial charge in [-0.25, -0.2) is 0 Å². The summed E-state index contributed by atoms with van der Waals surface area (Å²) in [5.74, 6) is 1.51. The fraction of sp³-hybridized carbons (Fsp3) is 1.00. The van der Waals surface area contributed by atoms with Crippen LogP contribution in [0, 0.1) is 11.8 Å². The van der Waals surface area contributed by atoms with Gasteiger partial charge in [-0.3, -0.25) is 0 Å². The maximum Gasteiger partial charge on any atom is 0.0729 e. The summed E-state index contributed by atoms with van der Waals surface area (Å²) in [7, 11) is 0. The van der Waals surface area contributed by atoms with Gasteiger partial charge in [-0.1, -0.05) is 26.2 Å². The van der Waals surface area contributed by atoms with Crippen LogP contribution >= 0.6 is 0 Å². The fourth-order valence-electron chi connectivity index (χ4n) is 4.79. The third kappa shape index (κ3) is 2.90. The van der Waals surface area contributed by atoms with Crippen molar-refractivity contribution in [3.05, 3.63) is 0 Å². The average molecular weight is 281 g/mol. The van der Waals surface area contributed by atoms with Crippen molar-refractivity contribution in [3.8, 4) is 0 Å². The van der Waals surface area contributed by atoms with Crippen LogP contribution in [0.15, 0.2) is 0 Å². The fourth-order valence-corrected chi connectivity index (χ4v) is 4.79. The third-order valence-electron chi connectivity index (χ3n) is 6.21. The Morgan fingerprint density at radius 3 is 2.60 bits per heavy atom. The summed E-state index contributed by atoms with van der Waals surface area (Å²) < 4.78 is 11.7. The predicted octanol–water partition coefficient (Wildman–Crippen LogP) is 3.26. The number of hydrogen-bond acceptors (Lipinski definition) is 3. The minimum Gasteiger partial charge on any atom is -0.381 e. The zero-order valence-electron chi connectivity index (χ0n) is 13.0. The second-order valence-electron chi connectivity index (χ2n) is 7.44. The van der Waals surface area contributed by atoms with E-state index in [9.17, 15) is 0 Å². The van der Waals surface area contributed by atoms with Crippen LogP contribution in [0.2, 0.25) is 0 Å². The minimum atomic E-state index is 0.0774. The summed E-state index contributed by atoms with van der Waals surface area (Å²) in [6.07, 6.45) is 10.9. The molecule has 0 aromatic heterocycles. The first kappa shape index (κ1) is 14.8. The highest BCUT2D eigenvalue weighted by molar-refractivity contribution is 5.01. The van der Waals surface area contributed by atoms with Crippen molar-refractivity contribution >= 4 is 0 Å². The number of rotatable bonds is 2. The zero-order chi connectivity index (χ0) is 14.1. The molecule has 0 amide bonds. The molecule has 3 rings (SSSR count). The van der Waals surface area contributed by atoms with Gasteiger partial charge in [0.2, 0.25) is 0 Å². The van der Waals surface area contributed by atoms with E-state index in [4.69, 9.17) is 15.2 Å². The number of ether oxygens (including phenoxy) is 2. The van der Waals surface area contributed by atoms with Crippen LogP contribution in [0.3, 0.4) is 0 Å². The van der Waals surface area contributed by atoms with Gasteiger partial charge in [-0.15, -0.1) is 0 Å². The van der Waals surface area contributed by atoms with Gasteiger partial charge in [0.15, 0.2) is 0 Å². The highest BCUT2D eigenvalue weighted by Crippen LogP contribution is 2.46. The molecule has 3 unspecified atom stereocenters. The smallest absolute Gasteiger partial charge is 0.0729 e. The van der Waals surface area contributed by atoms with Crippen LogP contribution in [0.5, 0.6) is 0 Å². The third-order valence-corrected chi connectivity index (χ3v) is 6.21.